The first-order valence-corrected chi connectivity index (χ1v) is 10.5. The number of hydrogen-bond acceptors (Lipinski definition) is 4. The summed E-state index contributed by atoms with van der Waals surface area (Å²) in [5.41, 5.74) is 2.10. The smallest absolute Gasteiger partial charge is 0.255 e. The first kappa shape index (κ1) is 19.5. The van der Waals surface area contributed by atoms with Crippen LogP contribution in [0.5, 0.6) is 0 Å². The van der Waals surface area contributed by atoms with Crippen molar-refractivity contribution in [2.24, 2.45) is 0 Å². The highest BCUT2D eigenvalue weighted by Crippen LogP contribution is 2.20. The van der Waals surface area contributed by atoms with Crippen molar-refractivity contribution in [2.45, 2.75) is 18.7 Å². The molecule has 2 aromatic rings. The van der Waals surface area contributed by atoms with Gasteiger partial charge in [-0.15, -0.1) is 0 Å². The lowest BCUT2D eigenvalue weighted by Crippen LogP contribution is -2.48. The fourth-order valence-corrected chi connectivity index (χ4v) is 4.54. The Balaban J connectivity index is 1.76. The summed E-state index contributed by atoms with van der Waals surface area (Å²) in [6.07, 6.45) is 0. The van der Waals surface area contributed by atoms with Crippen molar-refractivity contribution < 1.29 is 13.2 Å². The van der Waals surface area contributed by atoms with E-state index in [4.69, 9.17) is 0 Å². The summed E-state index contributed by atoms with van der Waals surface area (Å²) in [5, 5.41) is 2.80. The van der Waals surface area contributed by atoms with Crippen LogP contribution in [0, 0.1) is 6.92 Å². The molecule has 3 rings (SSSR count). The maximum atomic E-state index is 12.9. The van der Waals surface area contributed by atoms with Crippen molar-refractivity contribution in [2.75, 3.05) is 38.0 Å². The molecule has 0 aliphatic carbocycles. The van der Waals surface area contributed by atoms with Gasteiger partial charge in [0.2, 0.25) is 10.0 Å². The predicted molar refractivity (Wildman–Crippen MR) is 106 cm³/mol. The van der Waals surface area contributed by atoms with Gasteiger partial charge in [-0.3, -0.25) is 4.79 Å². The summed E-state index contributed by atoms with van der Waals surface area (Å²) < 4.78 is 27.4. The predicted octanol–water partition coefficient (Wildman–Crippen LogP) is 2.57. The highest BCUT2D eigenvalue weighted by molar-refractivity contribution is 7.89. The zero-order chi connectivity index (χ0) is 19.4. The number of rotatable bonds is 5. The molecule has 0 saturated carbocycles. The second kappa shape index (κ2) is 8.21. The van der Waals surface area contributed by atoms with Crippen LogP contribution in [0.1, 0.15) is 22.8 Å². The van der Waals surface area contributed by atoms with Gasteiger partial charge in [-0.2, -0.15) is 4.31 Å². The Morgan fingerprint density at radius 1 is 1.04 bits per heavy atom. The molecule has 6 nitrogen and oxygen atoms in total. The second-order valence-corrected chi connectivity index (χ2v) is 8.62. The monoisotopic (exact) mass is 387 g/mol. The van der Waals surface area contributed by atoms with Crippen molar-refractivity contribution in [1.29, 1.82) is 0 Å². The van der Waals surface area contributed by atoms with Gasteiger partial charge in [-0.1, -0.05) is 30.7 Å². The van der Waals surface area contributed by atoms with E-state index >= 15 is 0 Å². The summed E-state index contributed by atoms with van der Waals surface area (Å²) in [7, 11) is -3.60. The zero-order valence-corrected chi connectivity index (χ0v) is 16.5. The number of anilines is 1. The fraction of sp³-hybridized carbons (Fsp3) is 0.350. The van der Waals surface area contributed by atoms with E-state index in [0.717, 1.165) is 25.2 Å². The summed E-state index contributed by atoms with van der Waals surface area (Å²) in [6, 6.07) is 13.7. The maximum absolute atomic E-state index is 12.9. The Morgan fingerprint density at radius 3 is 2.33 bits per heavy atom. The van der Waals surface area contributed by atoms with Gasteiger partial charge in [0.25, 0.3) is 5.91 Å². The van der Waals surface area contributed by atoms with E-state index in [1.807, 2.05) is 31.2 Å². The molecule has 1 N–H and O–H groups in total. The molecule has 27 heavy (non-hydrogen) atoms. The Kier molecular flexibility index (Phi) is 5.94. The molecule has 0 atom stereocenters. The van der Waals surface area contributed by atoms with Crippen molar-refractivity contribution in [1.82, 2.24) is 9.21 Å². The maximum Gasteiger partial charge on any atom is 0.255 e. The molecule has 0 aromatic heterocycles. The van der Waals surface area contributed by atoms with Crippen LogP contribution in [0.4, 0.5) is 5.69 Å². The van der Waals surface area contributed by atoms with Gasteiger partial charge < -0.3 is 10.2 Å². The molecule has 1 amide bonds. The molecule has 1 heterocycles. The molecule has 2 aromatic carbocycles. The van der Waals surface area contributed by atoms with Gasteiger partial charge in [-0.25, -0.2) is 8.42 Å². The molecule has 1 aliphatic rings. The summed E-state index contributed by atoms with van der Waals surface area (Å²) >= 11 is 0. The fourth-order valence-electron chi connectivity index (χ4n) is 3.07. The summed E-state index contributed by atoms with van der Waals surface area (Å²) in [4.78, 5) is 14.9. The minimum atomic E-state index is -3.60. The molecule has 7 heteroatoms. The number of benzene rings is 2. The van der Waals surface area contributed by atoms with Crippen LogP contribution < -0.4 is 5.32 Å². The topological polar surface area (TPSA) is 69.7 Å². The average molecular weight is 388 g/mol. The van der Waals surface area contributed by atoms with Crippen molar-refractivity contribution in [3.05, 3.63) is 59.7 Å². The average Bonchev–Trinajstić information content (AvgIpc) is 2.70. The highest BCUT2D eigenvalue weighted by atomic mass is 32.2. The Labute approximate surface area is 160 Å². The third kappa shape index (κ3) is 4.55. The van der Waals surface area contributed by atoms with Gasteiger partial charge in [0.15, 0.2) is 0 Å². The van der Waals surface area contributed by atoms with Crippen LogP contribution >= 0.6 is 0 Å². The van der Waals surface area contributed by atoms with Crippen molar-refractivity contribution in [3.63, 3.8) is 0 Å². The molecular formula is C20H25N3O3S. The molecule has 1 saturated heterocycles. The number of aryl methyl sites for hydroxylation is 1. The zero-order valence-electron chi connectivity index (χ0n) is 15.7. The van der Waals surface area contributed by atoms with Gasteiger partial charge in [0.1, 0.15) is 0 Å². The molecule has 144 valence electrons. The van der Waals surface area contributed by atoms with E-state index in [9.17, 15) is 13.2 Å². The van der Waals surface area contributed by atoms with E-state index in [1.54, 1.807) is 18.2 Å². The van der Waals surface area contributed by atoms with E-state index in [2.05, 4.69) is 17.1 Å². The summed E-state index contributed by atoms with van der Waals surface area (Å²) in [5.74, 6) is -0.327. The van der Waals surface area contributed by atoms with Crippen molar-refractivity contribution >= 4 is 21.6 Å². The number of piperazine rings is 1. The minimum absolute atomic E-state index is 0.156. The van der Waals surface area contributed by atoms with Crippen LogP contribution in [0.25, 0.3) is 0 Å². The van der Waals surface area contributed by atoms with Gasteiger partial charge in [0.05, 0.1) is 4.90 Å². The molecule has 1 aliphatic heterocycles. The first-order chi connectivity index (χ1) is 12.9. The number of carbonyl (C=O) groups is 1. The first-order valence-electron chi connectivity index (χ1n) is 9.11. The van der Waals surface area contributed by atoms with Gasteiger partial charge >= 0.3 is 0 Å². The molecule has 0 radical (unpaired) electrons. The Hall–Kier alpha value is -2.22. The quantitative estimate of drug-likeness (QED) is 0.856. The number of nitrogens with zero attached hydrogens (tertiary/aromatic N) is 2. The van der Waals surface area contributed by atoms with Gasteiger partial charge in [0, 0.05) is 37.4 Å². The van der Waals surface area contributed by atoms with Crippen LogP contribution in [0.3, 0.4) is 0 Å². The molecule has 1 fully saturated rings. The van der Waals surface area contributed by atoms with Crippen molar-refractivity contribution in [3.8, 4) is 0 Å². The number of nitrogens with one attached hydrogen (secondary N) is 1. The molecular weight excluding hydrogens is 362 g/mol. The standard InChI is InChI=1S/C20H25N3O3S/c1-3-22-11-13-23(14-12-22)27(25,26)19-6-4-5-17(15-19)20(24)21-18-9-7-16(2)8-10-18/h4-10,15H,3,11-14H2,1-2H3,(H,21,24). The number of carbonyl (C=O) groups excluding carboxylic acids is 1. The SMILES string of the molecule is CCN1CCN(S(=O)(=O)c2cccc(C(=O)Nc3ccc(C)cc3)c2)CC1. The lowest BCUT2D eigenvalue weighted by molar-refractivity contribution is 0.102. The van der Waals surface area contributed by atoms with Crippen LogP contribution in [0.2, 0.25) is 0 Å². The lowest BCUT2D eigenvalue weighted by Gasteiger charge is -2.33. The third-order valence-corrected chi connectivity index (χ3v) is 6.72. The van der Waals surface area contributed by atoms with Gasteiger partial charge in [-0.05, 0) is 43.8 Å². The highest BCUT2D eigenvalue weighted by Gasteiger charge is 2.28. The minimum Gasteiger partial charge on any atom is -0.322 e. The van der Waals surface area contributed by atoms with Crippen LogP contribution in [-0.4, -0.2) is 56.3 Å². The third-order valence-electron chi connectivity index (χ3n) is 4.82. The van der Waals surface area contributed by atoms with Crippen LogP contribution in [0.15, 0.2) is 53.4 Å². The van der Waals surface area contributed by atoms with Crippen LogP contribution in [-0.2, 0) is 10.0 Å². The number of amides is 1. The molecule has 0 bridgehead atoms. The van der Waals surface area contributed by atoms with E-state index in [1.165, 1.54) is 10.4 Å². The number of likely N-dealkylation sites (N-methyl/N-ethyl adjacent to an activating group) is 1. The van der Waals surface area contributed by atoms with E-state index in [-0.39, 0.29) is 10.8 Å². The lowest BCUT2D eigenvalue weighted by atomic mass is 10.2. The molecule has 0 unspecified atom stereocenters. The number of hydrogen-bond donors (Lipinski definition) is 1. The molecule has 0 spiro atoms. The Morgan fingerprint density at radius 2 is 1.70 bits per heavy atom. The normalized spacial score (nSPS) is 16.2. The second-order valence-electron chi connectivity index (χ2n) is 6.69. The van der Waals surface area contributed by atoms with E-state index in [0.29, 0.717) is 24.3 Å². The Bertz CT molecular complexity index is 902. The van der Waals surface area contributed by atoms with E-state index < -0.39 is 10.0 Å². The summed E-state index contributed by atoms with van der Waals surface area (Å²) in [6.45, 7) is 7.35. The largest absolute Gasteiger partial charge is 0.322 e. The number of sulfonamides is 1.